The van der Waals surface area contributed by atoms with Gasteiger partial charge in [-0.3, -0.25) is 4.79 Å². The number of thioether (sulfide) groups is 1. The quantitative estimate of drug-likeness (QED) is 0.312. The molecule has 1 aliphatic rings. The molecule has 0 radical (unpaired) electrons. The molecule has 2 aromatic carbocycles. The fourth-order valence-corrected chi connectivity index (χ4v) is 5.12. The molecule has 0 amide bonds. The van der Waals surface area contributed by atoms with Gasteiger partial charge in [0.15, 0.2) is 5.78 Å². The summed E-state index contributed by atoms with van der Waals surface area (Å²) < 4.78 is 59.9. The molecule has 8 heteroatoms. The Morgan fingerprint density at radius 2 is 1.97 bits per heavy atom. The molecule has 0 bridgehead atoms. The number of alkyl halides is 3. The number of nitrogens with zero attached hydrogens (tertiary/aromatic N) is 1. The highest BCUT2D eigenvalue weighted by Gasteiger charge is 2.41. The van der Waals surface area contributed by atoms with Crippen molar-refractivity contribution in [3.8, 4) is 5.75 Å². The second-order valence-electron chi connectivity index (χ2n) is 7.95. The summed E-state index contributed by atoms with van der Waals surface area (Å²) in [7, 11) is 3.17. The van der Waals surface area contributed by atoms with Crippen molar-refractivity contribution in [2.24, 2.45) is 0 Å². The van der Waals surface area contributed by atoms with Gasteiger partial charge in [0.05, 0.1) is 18.2 Å². The van der Waals surface area contributed by atoms with Gasteiger partial charge in [-0.1, -0.05) is 18.2 Å². The second-order valence-corrected chi connectivity index (χ2v) is 8.80. The number of hydrogen-bond acceptors (Lipinski definition) is 4. The molecule has 168 valence electrons. The first-order chi connectivity index (χ1) is 14.6. The molecule has 1 aliphatic heterocycles. The zero-order valence-corrected chi connectivity index (χ0v) is 18.5. The van der Waals surface area contributed by atoms with E-state index >= 15 is 0 Å². The molecule has 0 N–H and O–H groups in total. The van der Waals surface area contributed by atoms with E-state index in [9.17, 15) is 22.4 Å². The molecule has 0 saturated carbocycles. The van der Waals surface area contributed by atoms with E-state index in [4.69, 9.17) is 4.74 Å². The van der Waals surface area contributed by atoms with Crippen LogP contribution in [0.2, 0.25) is 0 Å². The topological polar surface area (TPSA) is 29.5 Å². The third-order valence-electron chi connectivity index (χ3n) is 5.82. The van der Waals surface area contributed by atoms with Crippen molar-refractivity contribution in [1.29, 1.82) is 0 Å². The molecule has 0 aliphatic carbocycles. The van der Waals surface area contributed by atoms with Gasteiger partial charge in [-0.05, 0) is 56.5 Å². The number of ether oxygens (including phenoxy) is 1. The van der Waals surface area contributed by atoms with Crippen molar-refractivity contribution in [2.75, 3.05) is 33.5 Å². The fourth-order valence-electron chi connectivity index (χ4n) is 4.46. The number of carbonyl (C=O) groups is 1. The lowest BCUT2D eigenvalue weighted by Crippen LogP contribution is -2.46. The summed E-state index contributed by atoms with van der Waals surface area (Å²) in [5.41, 5.74) is -1.05. The number of Topliss-reactive ketones (excluding diaryl/α,β-unsaturated/α-hetero) is 1. The van der Waals surface area contributed by atoms with Crippen LogP contribution in [0.15, 0.2) is 41.3 Å². The maximum atomic E-state index is 14.8. The molecule has 3 rings (SSSR count). The largest absolute Gasteiger partial charge is 0.496 e. The number of methoxy groups -OCH3 is 1. The van der Waals surface area contributed by atoms with E-state index in [1.807, 2.05) is 7.05 Å². The number of carbonyl (C=O) groups excluding carboxylic acids is 1. The molecular weight excluding hydrogens is 430 g/mol. The predicted molar refractivity (Wildman–Crippen MR) is 114 cm³/mol. The van der Waals surface area contributed by atoms with Crippen LogP contribution in [0.1, 0.15) is 40.7 Å². The van der Waals surface area contributed by atoms with Crippen LogP contribution in [0.25, 0.3) is 0 Å². The first-order valence-corrected chi connectivity index (χ1v) is 11.1. The van der Waals surface area contributed by atoms with Crippen LogP contribution in [0.3, 0.4) is 0 Å². The van der Waals surface area contributed by atoms with Crippen LogP contribution in [0, 0.1) is 5.82 Å². The molecule has 1 heterocycles. The summed E-state index contributed by atoms with van der Waals surface area (Å²) in [6.07, 6.45) is -1.56. The van der Waals surface area contributed by atoms with Crippen molar-refractivity contribution in [3.63, 3.8) is 0 Å². The number of halogens is 4. The van der Waals surface area contributed by atoms with Crippen LogP contribution in [-0.4, -0.2) is 44.2 Å². The van der Waals surface area contributed by atoms with E-state index in [1.165, 1.54) is 13.2 Å². The number of piperidine rings is 1. The van der Waals surface area contributed by atoms with Crippen molar-refractivity contribution >= 4 is 17.5 Å². The SMILES string of the molecule is COc1cc(C(F)(F)F)cc(SC)c1C(=O)C[C@]1(c2ccccc2F)CCCN(C)C1. The van der Waals surface area contributed by atoms with E-state index in [1.54, 1.807) is 24.5 Å². The average molecular weight is 456 g/mol. The lowest BCUT2D eigenvalue weighted by Gasteiger charge is -2.42. The van der Waals surface area contributed by atoms with Gasteiger partial charge in [-0.2, -0.15) is 13.2 Å². The monoisotopic (exact) mass is 455 g/mol. The molecule has 1 atom stereocenters. The van der Waals surface area contributed by atoms with E-state index in [-0.39, 0.29) is 34.2 Å². The Balaban J connectivity index is 2.08. The Bertz CT molecular complexity index is 938. The summed E-state index contributed by atoms with van der Waals surface area (Å²) in [6.45, 7) is 1.32. The summed E-state index contributed by atoms with van der Waals surface area (Å²) in [6, 6.07) is 8.25. The molecule has 1 fully saturated rings. The number of hydrogen-bond donors (Lipinski definition) is 0. The van der Waals surface area contributed by atoms with Gasteiger partial charge in [-0.25, -0.2) is 4.39 Å². The molecule has 2 aromatic rings. The maximum absolute atomic E-state index is 14.8. The molecule has 1 saturated heterocycles. The van der Waals surface area contributed by atoms with E-state index in [0.717, 1.165) is 36.9 Å². The minimum atomic E-state index is -4.56. The lowest BCUT2D eigenvalue weighted by molar-refractivity contribution is -0.137. The standard InChI is InChI=1S/C23H25F4NO2S/c1-28-10-6-9-22(14-28,16-7-4-5-8-17(16)24)13-18(29)21-19(30-2)11-15(23(25,26)27)12-20(21)31-3/h4-5,7-8,11-12H,6,9-10,13-14H2,1-3H3/t22-/m1/s1. The highest BCUT2D eigenvalue weighted by molar-refractivity contribution is 7.98. The van der Waals surface area contributed by atoms with Crippen molar-refractivity contribution in [1.82, 2.24) is 4.90 Å². The Kier molecular flexibility index (Phi) is 7.01. The number of likely N-dealkylation sites (N-methyl/N-ethyl adjacent to an activating group) is 1. The first-order valence-electron chi connectivity index (χ1n) is 9.91. The molecule has 31 heavy (non-hydrogen) atoms. The van der Waals surface area contributed by atoms with Crippen molar-refractivity contribution in [2.45, 2.75) is 35.7 Å². The summed E-state index contributed by atoms with van der Waals surface area (Å²) in [5.74, 6) is -0.847. The fraction of sp³-hybridized carbons (Fsp3) is 0.435. The Morgan fingerprint density at radius 1 is 1.26 bits per heavy atom. The van der Waals surface area contributed by atoms with E-state index < -0.39 is 17.2 Å². The van der Waals surface area contributed by atoms with Gasteiger partial charge >= 0.3 is 6.18 Å². The van der Waals surface area contributed by atoms with Crippen LogP contribution in [0.4, 0.5) is 17.6 Å². The minimum absolute atomic E-state index is 0.0203. The smallest absolute Gasteiger partial charge is 0.416 e. The van der Waals surface area contributed by atoms with Crippen molar-refractivity contribution in [3.05, 3.63) is 58.9 Å². The molecule has 0 spiro atoms. The number of ketones is 1. The zero-order chi connectivity index (χ0) is 22.8. The van der Waals surface area contributed by atoms with Gasteiger partial charge in [-0.15, -0.1) is 11.8 Å². The zero-order valence-electron chi connectivity index (χ0n) is 17.7. The van der Waals surface area contributed by atoms with Crippen LogP contribution in [0.5, 0.6) is 5.75 Å². The summed E-state index contributed by atoms with van der Waals surface area (Å²) in [5, 5.41) is 0. The number of likely N-dealkylation sites (tertiary alicyclic amines) is 1. The molecule has 0 aromatic heterocycles. The summed E-state index contributed by atoms with van der Waals surface area (Å²) in [4.78, 5) is 15.8. The van der Waals surface area contributed by atoms with Gasteiger partial charge in [0.1, 0.15) is 11.6 Å². The molecule has 3 nitrogen and oxygen atoms in total. The van der Waals surface area contributed by atoms with Crippen LogP contribution >= 0.6 is 11.8 Å². The highest BCUT2D eigenvalue weighted by Crippen LogP contribution is 2.43. The summed E-state index contributed by atoms with van der Waals surface area (Å²) >= 11 is 1.06. The third-order valence-corrected chi connectivity index (χ3v) is 6.59. The van der Waals surface area contributed by atoms with Gasteiger partial charge in [0.25, 0.3) is 0 Å². The Labute approximate surface area is 183 Å². The average Bonchev–Trinajstić information content (AvgIpc) is 2.72. The van der Waals surface area contributed by atoms with Crippen LogP contribution < -0.4 is 4.74 Å². The van der Waals surface area contributed by atoms with Crippen molar-refractivity contribution < 1.29 is 27.1 Å². The van der Waals surface area contributed by atoms with Gasteiger partial charge < -0.3 is 9.64 Å². The van der Waals surface area contributed by atoms with Gasteiger partial charge in [0.2, 0.25) is 0 Å². The number of rotatable bonds is 6. The minimum Gasteiger partial charge on any atom is -0.496 e. The van der Waals surface area contributed by atoms with Gasteiger partial charge in [0, 0.05) is 23.3 Å². The van der Waals surface area contributed by atoms with E-state index in [0.29, 0.717) is 18.5 Å². The number of benzene rings is 2. The Morgan fingerprint density at radius 3 is 2.55 bits per heavy atom. The predicted octanol–water partition coefficient (Wildman–Crippen LogP) is 5.81. The lowest BCUT2D eigenvalue weighted by atomic mass is 9.70. The van der Waals surface area contributed by atoms with Crippen LogP contribution in [-0.2, 0) is 11.6 Å². The Hall–Kier alpha value is -2.06. The molecule has 0 unspecified atom stereocenters. The normalized spacial score (nSPS) is 20.0. The van der Waals surface area contributed by atoms with E-state index in [2.05, 4.69) is 4.90 Å². The highest BCUT2D eigenvalue weighted by atomic mass is 32.2. The maximum Gasteiger partial charge on any atom is 0.416 e. The molecular formula is C23H25F4NO2S. The third kappa shape index (κ3) is 4.90. The first kappa shape index (κ1) is 23.6. The second kappa shape index (κ2) is 9.20.